The molecular weight excluding hydrogens is 338 g/mol. The summed E-state index contributed by atoms with van der Waals surface area (Å²) in [6, 6.07) is 7.04. The second-order valence-corrected chi connectivity index (χ2v) is 8.07. The van der Waals surface area contributed by atoms with Crippen LogP contribution in [-0.2, 0) is 4.79 Å². The van der Waals surface area contributed by atoms with Crippen LogP contribution in [0.25, 0.3) is 0 Å². The Hall–Kier alpha value is -1.75. The Bertz CT molecular complexity index is 691. The van der Waals surface area contributed by atoms with Gasteiger partial charge in [-0.1, -0.05) is 23.7 Å². The molecule has 1 aromatic carbocycles. The highest BCUT2D eigenvalue weighted by Gasteiger charge is 2.50. The highest BCUT2D eigenvalue weighted by Crippen LogP contribution is 2.41. The number of rotatable bonds is 3. The van der Waals surface area contributed by atoms with Crippen LogP contribution in [0.5, 0.6) is 0 Å². The van der Waals surface area contributed by atoms with E-state index in [9.17, 15) is 9.59 Å². The van der Waals surface area contributed by atoms with Crippen molar-refractivity contribution in [3.8, 4) is 0 Å². The van der Waals surface area contributed by atoms with Gasteiger partial charge >= 0.3 is 6.03 Å². The minimum Gasteiger partial charge on any atom is -0.342 e. The maximum absolute atomic E-state index is 13.0. The first-order valence-electron chi connectivity index (χ1n) is 9.17. The van der Waals surface area contributed by atoms with Gasteiger partial charge in [0.25, 0.3) is 0 Å². The molecule has 25 heavy (non-hydrogen) atoms. The second kappa shape index (κ2) is 6.52. The maximum atomic E-state index is 13.0. The minimum atomic E-state index is -0.370. The summed E-state index contributed by atoms with van der Waals surface area (Å²) in [6.45, 7) is 2.93. The van der Waals surface area contributed by atoms with Crippen molar-refractivity contribution in [2.75, 3.05) is 31.5 Å². The van der Waals surface area contributed by atoms with E-state index in [-0.39, 0.29) is 17.4 Å². The van der Waals surface area contributed by atoms with E-state index in [0.29, 0.717) is 29.7 Å². The molecule has 1 spiro atoms. The molecule has 1 aromatic rings. The lowest BCUT2D eigenvalue weighted by molar-refractivity contribution is -0.145. The molecule has 1 N–H and O–H groups in total. The molecule has 0 aromatic heterocycles. The molecule has 0 bridgehead atoms. The largest absolute Gasteiger partial charge is 0.342 e. The van der Waals surface area contributed by atoms with Crippen LogP contribution in [0.15, 0.2) is 24.3 Å². The van der Waals surface area contributed by atoms with E-state index in [1.807, 2.05) is 12.1 Å². The van der Waals surface area contributed by atoms with Gasteiger partial charge in [-0.15, -0.1) is 0 Å². The van der Waals surface area contributed by atoms with Crippen molar-refractivity contribution >= 4 is 29.2 Å². The van der Waals surface area contributed by atoms with Gasteiger partial charge in [0.05, 0.1) is 16.1 Å². The predicted molar refractivity (Wildman–Crippen MR) is 97.6 cm³/mol. The summed E-state index contributed by atoms with van der Waals surface area (Å²) in [6.07, 6.45) is 5.20. The van der Waals surface area contributed by atoms with Crippen LogP contribution in [0.4, 0.5) is 10.5 Å². The average molecular weight is 362 g/mol. The third-order valence-electron chi connectivity index (χ3n) is 5.76. The number of anilines is 1. The highest BCUT2D eigenvalue weighted by atomic mass is 35.5. The summed E-state index contributed by atoms with van der Waals surface area (Å²) in [4.78, 5) is 29.5. The number of carbonyl (C=O) groups excluding carboxylic acids is 2. The summed E-state index contributed by atoms with van der Waals surface area (Å²) in [5.41, 5.74) is 0.241. The van der Waals surface area contributed by atoms with Gasteiger partial charge in [0.15, 0.2) is 0 Å². The lowest BCUT2D eigenvalue weighted by Crippen LogP contribution is -2.51. The van der Waals surface area contributed by atoms with Crippen LogP contribution in [0.3, 0.4) is 0 Å². The summed E-state index contributed by atoms with van der Waals surface area (Å²) in [5, 5.41) is 3.39. The van der Waals surface area contributed by atoms with Crippen molar-refractivity contribution < 1.29 is 9.59 Å². The molecule has 1 saturated carbocycles. The Morgan fingerprint density at radius 3 is 2.80 bits per heavy atom. The molecule has 6 heteroatoms. The van der Waals surface area contributed by atoms with Crippen LogP contribution in [0, 0.1) is 11.3 Å². The molecule has 2 heterocycles. The van der Waals surface area contributed by atoms with Crippen molar-refractivity contribution in [2.24, 2.45) is 11.3 Å². The predicted octanol–water partition coefficient (Wildman–Crippen LogP) is 3.60. The number of nitrogens with zero attached hydrogens (tertiary/aromatic N) is 2. The summed E-state index contributed by atoms with van der Waals surface area (Å²) >= 11 is 6.12. The highest BCUT2D eigenvalue weighted by molar-refractivity contribution is 6.33. The maximum Gasteiger partial charge on any atom is 0.321 e. The zero-order chi connectivity index (χ0) is 17.4. The lowest BCUT2D eigenvalue weighted by atomic mass is 9.78. The number of amides is 3. The zero-order valence-corrected chi connectivity index (χ0v) is 15.1. The standard InChI is InChI=1S/C19H24ClN3O2/c20-15-4-1-2-5-16(15)21-18(25)23-11-9-19(13-23)8-3-10-22(17(19)24)12-14-6-7-14/h1-2,4-5,14H,3,6-13H2,(H,21,25). The number of para-hydroxylation sites is 1. The first-order valence-corrected chi connectivity index (χ1v) is 9.55. The fraction of sp³-hybridized carbons (Fsp3) is 0.579. The van der Waals surface area contributed by atoms with E-state index in [1.54, 1.807) is 17.0 Å². The number of halogens is 1. The van der Waals surface area contributed by atoms with Crippen molar-refractivity contribution in [3.05, 3.63) is 29.3 Å². The number of hydrogen-bond donors (Lipinski definition) is 1. The molecule has 3 amide bonds. The fourth-order valence-electron chi connectivity index (χ4n) is 4.12. The zero-order valence-electron chi connectivity index (χ0n) is 14.3. The van der Waals surface area contributed by atoms with Gasteiger partial charge < -0.3 is 15.1 Å². The third-order valence-corrected chi connectivity index (χ3v) is 6.09. The first kappa shape index (κ1) is 16.7. The monoisotopic (exact) mass is 361 g/mol. The van der Waals surface area contributed by atoms with Crippen LogP contribution in [0.1, 0.15) is 32.1 Å². The molecule has 3 aliphatic rings. The Kier molecular flexibility index (Phi) is 4.36. The minimum absolute atomic E-state index is 0.169. The summed E-state index contributed by atoms with van der Waals surface area (Å²) in [5.74, 6) is 0.971. The Balaban J connectivity index is 1.42. The fourth-order valence-corrected chi connectivity index (χ4v) is 4.30. The van der Waals surface area contributed by atoms with Gasteiger partial charge in [0.1, 0.15) is 0 Å². The number of hydrogen-bond acceptors (Lipinski definition) is 2. The van der Waals surface area contributed by atoms with E-state index < -0.39 is 0 Å². The molecule has 1 atom stereocenters. The van der Waals surface area contributed by atoms with Gasteiger partial charge in [-0.05, 0) is 50.2 Å². The average Bonchev–Trinajstić information content (AvgIpc) is 3.32. The number of benzene rings is 1. The molecule has 5 nitrogen and oxygen atoms in total. The van der Waals surface area contributed by atoms with Crippen LogP contribution in [0.2, 0.25) is 5.02 Å². The molecule has 3 fully saturated rings. The normalized spacial score (nSPS) is 26.4. The Morgan fingerprint density at radius 2 is 2.04 bits per heavy atom. The van der Waals surface area contributed by atoms with E-state index in [4.69, 9.17) is 11.6 Å². The number of urea groups is 1. The molecule has 0 radical (unpaired) electrons. The van der Waals surface area contributed by atoms with Crippen LogP contribution in [-0.4, -0.2) is 47.9 Å². The lowest BCUT2D eigenvalue weighted by Gasteiger charge is -2.39. The van der Waals surface area contributed by atoms with Crippen molar-refractivity contribution in [1.29, 1.82) is 0 Å². The molecule has 1 unspecified atom stereocenters. The second-order valence-electron chi connectivity index (χ2n) is 7.66. The molecule has 1 aliphatic carbocycles. The SMILES string of the molecule is O=C(Nc1ccccc1Cl)N1CCC2(CCCN(CC3CC3)C2=O)C1. The molecule has 134 valence electrons. The Labute approximate surface area is 153 Å². The molecule has 2 saturated heterocycles. The van der Waals surface area contributed by atoms with E-state index in [2.05, 4.69) is 10.2 Å². The molecule has 2 aliphatic heterocycles. The van der Waals surface area contributed by atoms with E-state index in [1.165, 1.54) is 12.8 Å². The molecule has 4 rings (SSSR count). The quantitative estimate of drug-likeness (QED) is 0.894. The van der Waals surface area contributed by atoms with Crippen molar-refractivity contribution in [2.45, 2.75) is 32.1 Å². The van der Waals surface area contributed by atoms with Gasteiger partial charge in [-0.3, -0.25) is 4.79 Å². The number of nitrogens with one attached hydrogen (secondary N) is 1. The van der Waals surface area contributed by atoms with Gasteiger partial charge in [-0.2, -0.15) is 0 Å². The van der Waals surface area contributed by atoms with Gasteiger partial charge in [-0.25, -0.2) is 4.79 Å². The topological polar surface area (TPSA) is 52.7 Å². The van der Waals surface area contributed by atoms with Crippen LogP contribution >= 0.6 is 11.6 Å². The number of carbonyl (C=O) groups is 2. The number of piperidine rings is 1. The van der Waals surface area contributed by atoms with Crippen molar-refractivity contribution in [3.63, 3.8) is 0 Å². The van der Waals surface area contributed by atoms with Gasteiger partial charge in [0, 0.05) is 26.2 Å². The third kappa shape index (κ3) is 3.34. The first-order chi connectivity index (χ1) is 12.1. The van der Waals surface area contributed by atoms with E-state index >= 15 is 0 Å². The smallest absolute Gasteiger partial charge is 0.321 e. The molecular formula is C19H24ClN3O2. The summed E-state index contributed by atoms with van der Waals surface area (Å²) in [7, 11) is 0. The number of likely N-dealkylation sites (tertiary alicyclic amines) is 2. The van der Waals surface area contributed by atoms with Crippen molar-refractivity contribution in [1.82, 2.24) is 9.80 Å². The Morgan fingerprint density at radius 1 is 1.24 bits per heavy atom. The van der Waals surface area contributed by atoms with E-state index in [0.717, 1.165) is 32.4 Å². The van der Waals surface area contributed by atoms with Crippen LogP contribution < -0.4 is 5.32 Å². The van der Waals surface area contributed by atoms with Gasteiger partial charge in [0.2, 0.25) is 5.91 Å². The summed E-state index contributed by atoms with van der Waals surface area (Å²) < 4.78 is 0.